The van der Waals surface area contributed by atoms with E-state index in [1.54, 1.807) is 0 Å². The first-order chi connectivity index (χ1) is 5.04. The van der Waals surface area contributed by atoms with Crippen molar-refractivity contribution < 1.29 is 13.2 Å². The van der Waals surface area contributed by atoms with Crippen molar-refractivity contribution in [3.05, 3.63) is 33.6 Å². The van der Waals surface area contributed by atoms with Crippen molar-refractivity contribution in [2.75, 3.05) is 0 Å². The van der Waals surface area contributed by atoms with Crippen molar-refractivity contribution >= 4 is 15.9 Å². The van der Waals surface area contributed by atoms with Gasteiger partial charge >= 0.3 is 0 Å². The summed E-state index contributed by atoms with van der Waals surface area (Å²) in [7, 11) is 0. The van der Waals surface area contributed by atoms with Crippen LogP contribution in [-0.2, 0) is 0 Å². The fourth-order valence-electron chi connectivity index (χ4n) is 0.691. The zero-order chi connectivity index (χ0) is 8.59. The molecule has 0 heterocycles. The Balaban J connectivity index is 3.46. The molecule has 0 saturated heterocycles. The van der Waals surface area contributed by atoms with Crippen LogP contribution in [-0.4, -0.2) is 0 Å². The van der Waals surface area contributed by atoms with E-state index < -0.39 is 21.9 Å². The Labute approximate surface area is 70.2 Å². The third kappa shape index (κ3) is 1.40. The van der Waals surface area contributed by atoms with Gasteiger partial charge in [-0.2, -0.15) is 0 Å². The second kappa shape index (κ2) is 2.85. The number of benzene rings is 1. The molecule has 0 nitrogen and oxygen atoms in total. The van der Waals surface area contributed by atoms with Crippen molar-refractivity contribution in [3.63, 3.8) is 0 Å². The molecule has 0 saturated carbocycles. The Bertz CT molecular complexity index is 270. The van der Waals surface area contributed by atoms with Gasteiger partial charge in [0.05, 0.1) is 4.47 Å². The van der Waals surface area contributed by atoms with Gasteiger partial charge in [-0.05, 0) is 34.5 Å². The molecule has 0 unspecified atom stereocenters. The molecule has 0 aromatic heterocycles. The molecule has 4 heteroatoms. The molecule has 11 heavy (non-hydrogen) atoms. The van der Waals surface area contributed by atoms with Crippen LogP contribution in [0.2, 0.25) is 0 Å². The lowest BCUT2D eigenvalue weighted by atomic mass is 10.2. The molecule has 1 aromatic carbocycles. The molecular weight excluding hydrogens is 221 g/mol. The van der Waals surface area contributed by atoms with Crippen molar-refractivity contribution in [2.45, 2.75) is 6.92 Å². The van der Waals surface area contributed by atoms with E-state index in [2.05, 4.69) is 15.9 Å². The van der Waals surface area contributed by atoms with E-state index in [-0.39, 0.29) is 5.56 Å². The number of hydrogen-bond donors (Lipinski definition) is 0. The third-order valence-corrected chi connectivity index (χ3v) is 2.01. The molecule has 1 rings (SSSR count). The Morgan fingerprint density at radius 2 is 1.73 bits per heavy atom. The van der Waals surface area contributed by atoms with E-state index in [0.717, 1.165) is 6.07 Å². The first-order valence-electron chi connectivity index (χ1n) is 2.83. The molecule has 60 valence electrons. The van der Waals surface area contributed by atoms with E-state index in [9.17, 15) is 13.2 Å². The van der Waals surface area contributed by atoms with Crippen LogP contribution in [0.25, 0.3) is 0 Å². The van der Waals surface area contributed by atoms with E-state index in [0.29, 0.717) is 0 Å². The van der Waals surface area contributed by atoms with Gasteiger partial charge < -0.3 is 0 Å². The summed E-state index contributed by atoms with van der Waals surface area (Å²) in [5, 5.41) is 0. The Morgan fingerprint density at radius 3 is 2.27 bits per heavy atom. The summed E-state index contributed by atoms with van der Waals surface area (Å²) in [6, 6.07) is 0.933. The third-order valence-electron chi connectivity index (χ3n) is 1.28. The minimum Gasteiger partial charge on any atom is -0.206 e. The highest BCUT2D eigenvalue weighted by Crippen LogP contribution is 2.23. The quantitative estimate of drug-likeness (QED) is 0.469. The Kier molecular flexibility index (Phi) is 2.23. The largest absolute Gasteiger partial charge is 0.206 e. The van der Waals surface area contributed by atoms with Gasteiger partial charge in [-0.3, -0.25) is 0 Å². The SMILES string of the molecule is Cc1cc(F)c(Br)c(F)c1F. The van der Waals surface area contributed by atoms with E-state index in [1.807, 2.05) is 0 Å². The molecule has 0 N–H and O–H groups in total. The van der Waals surface area contributed by atoms with Crippen LogP contribution >= 0.6 is 15.9 Å². The van der Waals surface area contributed by atoms with Crippen LogP contribution in [0.4, 0.5) is 13.2 Å². The normalized spacial score (nSPS) is 10.3. The zero-order valence-corrected chi connectivity index (χ0v) is 7.18. The minimum absolute atomic E-state index is 0.0387. The topological polar surface area (TPSA) is 0 Å². The maximum atomic E-state index is 12.6. The first kappa shape index (κ1) is 8.59. The molecule has 0 spiro atoms. The van der Waals surface area contributed by atoms with Crippen LogP contribution in [0.1, 0.15) is 5.56 Å². The number of hydrogen-bond acceptors (Lipinski definition) is 0. The van der Waals surface area contributed by atoms with Crippen LogP contribution in [0.5, 0.6) is 0 Å². The second-order valence-electron chi connectivity index (χ2n) is 2.12. The predicted molar refractivity (Wildman–Crippen MR) is 38.8 cm³/mol. The summed E-state index contributed by atoms with van der Waals surface area (Å²) in [6.45, 7) is 1.30. The average molecular weight is 225 g/mol. The molecule has 0 radical (unpaired) electrons. The van der Waals surface area contributed by atoms with Gasteiger partial charge in [-0.25, -0.2) is 13.2 Å². The summed E-state index contributed by atoms with van der Waals surface area (Å²) in [5.74, 6) is -2.98. The van der Waals surface area contributed by atoms with Gasteiger partial charge in [0.2, 0.25) is 0 Å². The molecule has 0 aliphatic heterocycles. The fraction of sp³-hybridized carbons (Fsp3) is 0.143. The maximum absolute atomic E-state index is 12.6. The minimum atomic E-state index is -1.18. The second-order valence-corrected chi connectivity index (χ2v) is 2.91. The first-order valence-corrected chi connectivity index (χ1v) is 3.63. The summed E-state index contributed by atoms with van der Waals surface area (Å²) in [5.41, 5.74) is -0.0387. The number of halogens is 4. The zero-order valence-electron chi connectivity index (χ0n) is 5.59. The maximum Gasteiger partial charge on any atom is 0.176 e. The van der Waals surface area contributed by atoms with Gasteiger partial charge in [0.25, 0.3) is 0 Å². The Morgan fingerprint density at radius 1 is 1.18 bits per heavy atom. The summed E-state index contributed by atoms with van der Waals surface area (Å²) >= 11 is 2.57. The molecule has 0 bridgehead atoms. The van der Waals surface area contributed by atoms with Crippen LogP contribution in [0.3, 0.4) is 0 Å². The number of aryl methyl sites for hydroxylation is 1. The predicted octanol–water partition coefficient (Wildman–Crippen LogP) is 3.17. The lowest BCUT2D eigenvalue weighted by molar-refractivity contribution is 0.482. The van der Waals surface area contributed by atoms with E-state index in [4.69, 9.17) is 0 Å². The van der Waals surface area contributed by atoms with E-state index >= 15 is 0 Å². The molecule has 0 fully saturated rings. The van der Waals surface area contributed by atoms with Crippen LogP contribution in [0, 0.1) is 24.4 Å². The Hall–Kier alpha value is -0.510. The average Bonchev–Trinajstić information content (AvgIpc) is 1.97. The van der Waals surface area contributed by atoms with Gasteiger partial charge in [-0.1, -0.05) is 0 Å². The summed E-state index contributed by atoms with van der Waals surface area (Å²) < 4.78 is 37.3. The van der Waals surface area contributed by atoms with Crippen molar-refractivity contribution in [1.29, 1.82) is 0 Å². The highest BCUT2D eigenvalue weighted by Gasteiger charge is 2.13. The molecule has 0 aliphatic rings. The molecule has 1 aromatic rings. The van der Waals surface area contributed by atoms with Gasteiger partial charge in [-0.15, -0.1) is 0 Å². The molecule has 0 atom stereocenters. The monoisotopic (exact) mass is 224 g/mol. The van der Waals surface area contributed by atoms with Gasteiger partial charge in [0.1, 0.15) is 5.82 Å². The van der Waals surface area contributed by atoms with Crippen molar-refractivity contribution in [2.24, 2.45) is 0 Å². The number of rotatable bonds is 0. The standard InChI is InChI=1S/C7H4BrF3/c1-3-2-4(9)5(8)7(11)6(3)10/h2H,1H3. The van der Waals surface area contributed by atoms with Crippen molar-refractivity contribution in [1.82, 2.24) is 0 Å². The highest BCUT2D eigenvalue weighted by molar-refractivity contribution is 9.10. The lowest BCUT2D eigenvalue weighted by Gasteiger charge is -2.00. The fourth-order valence-corrected chi connectivity index (χ4v) is 0.980. The van der Waals surface area contributed by atoms with Gasteiger partial charge in [0.15, 0.2) is 11.6 Å². The smallest absolute Gasteiger partial charge is 0.176 e. The lowest BCUT2D eigenvalue weighted by Crippen LogP contribution is -1.93. The van der Waals surface area contributed by atoms with E-state index in [1.165, 1.54) is 6.92 Å². The summed E-state index contributed by atoms with van der Waals surface area (Å²) in [6.07, 6.45) is 0. The van der Waals surface area contributed by atoms with Crippen LogP contribution in [0.15, 0.2) is 10.5 Å². The molecular formula is C7H4BrF3. The van der Waals surface area contributed by atoms with Crippen LogP contribution < -0.4 is 0 Å². The molecule has 0 aliphatic carbocycles. The highest BCUT2D eigenvalue weighted by atomic mass is 79.9. The van der Waals surface area contributed by atoms with Crippen molar-refractivity contribution in [3.8, 4) is 0 Å². The molecule has 0 amide bonds. The summed E-state index contributed by atoms with van der Waals surface area (Å²) in [4.78, 5) is 0. The van der Waals surface area contributed by atoms with Gasteiger partial charge in [0, 0.05) is 0 Å².